The number of esters is 1. The first kappa shape index (κ1) is 14.5. The van der Waals surface area contributed by atoms with E-state index < -0.39 is 10.0 Å². The van der Waals surface area contributed by atoms with Crippen LogP contribution in [-0.2, 0) is 26.1 Å². The van der Waals surface area contributed by atoms with Crippen molar-refractivity contribution in [2.24, 2.45) is 11.3 Å². The molecule has 1 saturated heterocycles. The Bertz CT molecular complexity index is 612. The minimum absolute atomic E-state index is 0.0115. The molecule has 1 aromatic rings. The van der Waals surface area contributed by atoms with E-state index in [4.69, 9.17) is 4.74 Å². The lowest BCUT2D eigenvalue weighted by Crippen LogP contribution is -2.64. The number of carbonyl (C=O) groups is 1. The van der Waals surface area contributed by atoms with Gasteiger partial charge >= 0.3 is 5.97 Å². The van der Waals surface area contributed by atoms with Gasteiger partial charge in [0, 0.05) is 25.5 Å². The van der Waals surface area contributed by atoms with Gasteiger partial charge in [0.15, 0.2) is 0 Å². The molecule has 1 spiro atoms. The van der Waals surface area contributed by atoms with Gasteiger partial charge in [-0.1, -0.05) is 0 Å². The summed E-state index contributed by atoms with van der Waals surface area (Å²) in [6.45, 7) is 1.42. The van der Waals surface area contributed by atoms with E-state index in [-0.39, 0.29) is 23.1 Å². The molecule has 116 valence electrons. The number of nitrogens with zero attached hydrogens (tertiary/aromatic N) is 3. The van der Waals surface area contributed by atoms with E-state index in [2.05, 4.69) is 5.10 Å². The second-order valence-corrected chi connectivity index (χ2v) is 8.07. The van der Waals surface area contributed by atoms with Crippen molar-refractivity contribution in [1.29, 1.82) is 0 Å². The van der Waals surface area contributed by atoms with E-state index in [9.17, 15) is 13.2 Å². The minimum atomic E-state index is -3.23. The van der Waals surface area contributed by atoms with Gasteiger partial charge in [0.2, 0.25) is 10.0 Å². The maximum Gasteiger partial charge on any atom is 0.308 e. The van der Waals surface area contributed by atoms with Crippen molar-refractivity contribution in [1.82, 2.24) is 14.1 Å². The summed E-state index contributed by atoms with van der Waals surface area (Å²) in [5, 5.41) is 4.00. The molecule has 7 nitrogen and oxygen atoms in total. The summed E-state index contributed by atoms with van der Waals surface area (Å²) in [6.07, 6.45) is 4.86. The van der Waals surface area contributed by atoms with Crippen LogP contribution in [0.5, 0.6) is 0 Å². The molecular formula is C13H19N3O4S. The molecular weight excluding hydrogens is 294 g/mol. The summed E-state index contributed by atoms with van der Waals surface area (Å²) in [5.74, 6) is -0.171. The zero-order valence-corrected chi connectivity index (χ0v) is 12.8. The number of sulfonamides is 1. The van der Waals surface area contributed by atoms with Crippen LogP contribution in [0, 0.1) is 11.3 Å². The van der Waals surface area contributed by atoms with Crippen LogP contribution in [0.3, 0.4) is 0 Å². The zero-order valence-electron chi connectivity index (χ0n) is 11.9. The smallest absolute Gasteiger partial charge is 0.308 e. The van der Waals surface area contributed by atoms with Crippen molar-refractivity contribution in [3.8, 4) is 0 Å². The van der Waals surface area contributed by atoms with Gasteiger partial charge in [-0.05, 0) is 24.3 Å². The van der Waals surface area contributed by atoms with Gasteiger partial charge in [0.05, 0.1) is 25.3 Å². The van der Waals surface area contributed by atoms with Crippen LogP contribution in [0.4, 0.5) is 0 Å². The van der Waals surface area contributed by atoms with Crippen LogP contribution < -0.4 is 0 Å². The van der Waals surface area contributed by atoms with Crippen LogP contribution in [-0.4, -0.2) is 54.4 Å². The van der Waals surface area contributed by atoms with Crippen molar-refractivity contribution in [2.75, 3.05) is 26.0 Å². The van der Waals surface area contributed by atoms with Crippen LogP contribution in [0.1, 0.15) is 12.8 Å². The molecule has 0 N–H and O–H groups in total. The number of carbonyl (C=O) groups excluding carboxylic acids is 1. The van der Waals surface area contributed by atoms with E-state index in [1.807, 2.05) is 0 Å². The van der Waals surface area contributed by atoms with Crippen LogP contribution in [0.2, 0.25) is 0 Å². The van der Waals surface area contributed by atoms with Gasteiger partial charge in [0.1, 0.15) is 0 Å². The molecule has 0 aromatic carbocycles. The summed E-state index contributed by atoms with van der Waals surface area (Å²) in [4.78, 5) is 11.4. The number of aromatic nitrogens is 2. The van der Waals surface area contributed by atoms with Crippen LogP contribution in [0.15, 0.2) is 18.5 Å². The normalized spacial score (nSPS) is 21.8. The molecule has 21 heavy (non-hydrogen) atoms. The van der Waals surface area contributed by atoms with Gasteiger partial charge in [-0.25, -0.2) is 12.7 Å². The molecule has 2 aliphatic rings. The molecule has 1 saturated carbocycles. The van der Waals surface area contributed by atoms with Crippen molar-refractivity contribution < 1.29 is 17.9 Å². The third-order valence-electron chi connectivity index (χ3n) is 4.45. The van der Waals surface area contributed by atoms with Gasteiger partial charge < -0.3 is 4.74 Å². The van der Waals surface area contributed by atoms with Gasteiger partial charge in [-0.3, -0.25) is 9.48 Å². The fourth-order valence-electron chi connectivity index (χ4n) is 3.25. The van der Waals surface area contributed by atoms with E-state index >= 15 is 0 Å². The molecule has 0 atom stereocenters. The molecule has 1 aromatic heterocycles. The average Bonchev–Trinajstić information content (AvgIpc) is 2.85. The van der Waals surface area contributed by atoms with Gasteiger partial charge in [0.25, 0.3) is 0 Å². The van der Waals surface area contributed by atoms with Gasteiger partial charge in [-0.2, -0.15) is 5.10 Å². The Morgan fingerprint density at radius 2 is 2.14 bits per heavy atom. The van der Waals surface area contributed by atoms with Crippen LogP contribution in [0.25, 0.3) is 0 Å². The quantitative estimate of drug-likeness (QED) is 0.720. The lowest BCUT2D eigenvalue weighted by molar-refractivity contribution is -0.159. The Labute approximate surface area is 123 Å². The molecule has 0 bridgehead atoms. The van der Waals surface area contributed by atoms with Gasteiger partial charge in [-0.15, -0.1) is 0 Å². The number of ether oxygens (including phenoxy) is 1. The first-order valence-electron chi connectivity index (χ1n) is 6.97. The molecule has 0 unspecified atom stereocenters. The largest absolute Gasteiger partial charge is 0.469 e. The summed E-state index contributed by atoms with van der Waals surface area (Å²) in [6, 6.07) is 1.77. The number of hydrogen-bond donors (Lipinski definition) is 0. The topological polar surface area (TPSA) is 81.5 Å². The van der Waals surface area contributed by atoms with E-state index in [1.54, 1.807) is 23.1 Å². The zero-order chi connectivity index (χ0) is 15.1. The van der Waals surface area contributed by atoms with Crippen molar-refractivity contribution in [3.05, 3.63) is 18.5 Å². The highest BCUT2D eigenvalue weighted by Gasteiger charge is 2.57. The standard InChI is InChI=1S/C13H19N3O4S/c1-20-12(17)11-7-13(8-11)9-16(10-13)21(18,19)6-5-15-4-2-3-14-15/h2-4,11H,5-10H2,1H3. The van der Waals surface area contributed by atoms with E-state index in [0.717, 1.165) is 12.8 Å². The maximum atomic E-state index is 12.2. The Hall–Kier alpha value is -1.41. The highest BCUT2D eigenvalue weighted by molar-refractivity contribution is 7.89. The summed E-state index contributed by atoms with van der Waals surface area (Å²) < 4.78 is 32.2. The Morgan fingerprint density at radius 3 is 2.71 bits per heavy atom. The number of rotatable bonds is 5. The molecule has 2 fully saturated rings. The lowest BCUT2D eigenvalue weighted by Gasteiger charge is -2.57. The minimum Gasteiger partial charge on any atom is -0.469 e. The first-order valence-corrected chi connectivity index (χ1v) is 8.58. The van der Waals surface area contributed by atoms with Crippen LogP contribution >= 0.6 is 0 Å². The third-order valence-corrected chi connectivity index (χ3v) is 6.19. The summed E-state index contributed by atoms with van der Waals surface area (Å²) >= 11 is 0. The fraction of sp³-hybridized carbons (Fsp3) is 0.692. The monoisotopic (exact) mass is 313 g/mol. The number of methoxy groups -OCH3 is 1. The second-order valence-electron chi connectivity index (χ2n) is 5.98. The number of aryl methyl sites for hydroxylation is 1. The highest BCUT2D eigenvalue weighted by Crippen LogP contribution is 2.52. The van der Waals surface area contributed by atoms with Crippen molar-refractivity contribution >= 4 is 16.0 Å². The lowest BCUT2D eigenvalue weighted by atomic mass is 9.58. The van der Waals surface area contributed by atoms with Crippen molar-refractivity contribution in [3.63, 3.8) is 0 Å². The number of hydrogen-bond acceptors (Lipinski definition) is 5. The Morgan fingerprint density at radius 1 is 1.43 bits per heavy atom. The molecule has 3 rings (SSSR count). The first-order chi connectivity index (χ1) is 9.94. The SMILES string of the molecule is COC(=O)C1CC2(C1)CN(S(=O)(=O)CCn1cccn1)C2. The molecule has 0 amide bonds. The Balaban J connectivity index is 1.48. The predicted octanol–water partition coefficient (Wildman–Crippen LogP) is 0.0979. The molecule has 0 radical (unpaired) electrons. The third kappa shape index (κ3) is 2.69. The predicted molar refractivity (Wildman–Crippen MR) is 74.8 cm³/mol. The molecule has 1 aliphatic heterocycles. The maximum absolute atomic E-state index is 12.2. The second kappa shape index (κ2) is 5.10. The van der Waals surface area contributed by atoms with E-state index in [0.29, 0.717) is 19.6 Å². The summed E-state index contributed by atoms with van der Waals surface area (Å²) in [7, 11) is -1.84. The molecule has 2 heterocycles. The molecule has 8 heteroatoms. The summed E-state index contributed by atoms with van der Waals surface area (Å²) in [5.41, 5.74) is 0.0115. The fourth-order valence-corrected chi connectivity index (χ4v) is 4.86. The Kier molecular flexibility index (Phi) is 3.53. The highest BCUT2D eigenvalue weighted by atomic mass is 32.2. The molecule has 1 aliphatic carbocycles. The van der Waals surface area contributed by atoms with E-state index in [1.165, 1.54) is 11.4 Å². The van der Waals surface area contributed by atoms with Crippen molar-refractivity contribution in [2.45, 2.75) is 19.4 Å². The average molecular weight is 313 g/mol.